The zero-order valence-corrected chi connectivity index (χ0v) is 19.1. The summed E-state index contributed by atoms with van der Waals surface area (Å²) >= 11 is 6.84. The number of amides is 2. The molecule has 3 aromatic rings. The SMILES string of the molecule is COc1cc(/C=C2\SC(=O)N(c3cccc(C)c3)C2=O)ccc1OCc1ccc(Cl)cc1. The van der Waals surface area contributed by atoms with Gasteiger partial charge < -0.3 is 9.47 Å². The summed E-state index contributed by atoms with van der Waals surface area (Å²) in [6, 6.07) is 20.1. The van der Waals surface area contributed by atoms with Crippen LogP contribution in [0.5, 0.6) is 11.5 Å². The molecule has 0 N–H and O–H groups in total. The lowest BCUT2D eigenvalue weighted by Crippen LogP contribution is -2.27. The number of hydrogen-bond acceptors (Lipinski definition) is 5. The third-order valence-corrected chi connectivity index (χ3v) is 5.97. The van der Waals surface area contributed by atoms with Crippen molar-refractivity contribution in [1.82, 2.24) is 0 Å². The fourth-order valence-corrected chi connectivity index (χ4v) is 4.21. The van der Waals surface area contributed by atoms with E-state index in [1.54, 1.807) is 31.4 Å². The van der Waals surface area contributed by atoms with E-state index in [1.165, 1.54) is 4.90 Å². The first-order valence-electron chi connectivity index (χ1n) is 9.84. The smallest absolute Gasteiger partial charge is 0.298 e. The van der Waals surface area contributed by atoms with Crippen molar-refractivity contribution in [3.63, 3.8) is 0 Å². The van der Waals surface area contributed by atoms with Gasteiger partial charge in [0.05, 0.1) is 17.7 Å². The monoisotopic (exact) mass is 465 g/mol. The minimum absolute atomic E-state index is 0.318. The topological polar surface area (TPSA) is 55.8 Å². The van der Waals surface area contributed by atoms with Crippen LogP contribution < -0.4 is 14.4 Å². The van der Waals surface area contributed by atoms with Crippen LogP contribution in [-0.2, 0) is 11.4 Å². The van der Waals surface area contributed by atoms with Crippen LogP contribution in [0.2, 0.25) is 5.02 Å². The van der Waals surface area contributed by atoms with Gasteiger partial charge in [-0.1, -0.05) is 41.9 Å². The van der Waals surface area contributed by atoms with Crippen LogP contribution >= 0.6 is 23.4 Å². The molecule has 7 heteroatoms. The number of nitrogens with zero attached hydrogens (tertiary/aromatic N) is 1. The summed E-state index contributed by atoms with van der Waals surface area (Å²) in [5, 5.41) is 0.351. The Kier molecular flexibility index (Phi) is 6.53. The number of rotatable bonds is 6. The zero-order chi connectivity index (χ0) is 22.7. The third-order valence-electron chi connectivity index (χ3n) is 4.85. The Morgan fingerprint density at radius 1 is 1.00 bits per heavy atom. The number of ether oxygens (including phenoxy) is 2. The van der Waals surface area contributed by atoms with E-state index >= 15 is 0 Å². The molecule has 0 saturated carbocycles. The summed E-state index contributed by atoms with van der Waals surface area (Å²) in [6.45, 7) is 2.28. The van der Waals surface area contributed by atoms with Crippen LogP contribution in [0.25, 0.3) is 6.08 Å². The average molecular weight is 466 g/mol. The Morgan fingerprint density at radius 3 is 2.50 bits per heavy atom. The highest BCUT2D eigenvalue weighted by Crippen LogP contribution is 2.37. The number of hydrogen-bond donors (Lipinski definition) is 0. The Hall–Kier alpha value is -3.22. The Bertz CT molecular complexity index is 1210. The van der Waals surface area contributed by atoms with E-state index in [0.717, 1.165) is 28.5 Å². The lowest BCUT2D eigenvalue weighted by Gasteiger charge is -2.13. The summed E-state index contributed by atoms with van der Waals surface area (Å²) < 4.78 is 11.3. The van der Waals surface area contributed by atoms with Gasteiger partial charge in [-0.05, 0) is 77.9 Å². The van der Waals surface area contributed by atoms with Gasteiger partial charge in [0, 0.05) is 5.02 Å². The largest absolute Gasteiger partial charge is 0.493 e. The first-order valence-corrected chi connectivity index (χ1v) is 11.0. The molecule has 1 fully saturated rings. The molecule has 0 aliphatic carbocycles. The van der Waals surface area contributed by atoms with Gasteiger partial charge >= 0.3 is 0 Å². The first-order chi connectivity index (χ1) is 15.4. The fourth-order valence-electron chi connectivity index (χ4n) is 3.24. The molecular formula is C25H20ClNO4S. The van der Waals surface area contributed by atoms with Crippen LogP contribution in [0, 0.1) is 6.92 Å². The van der Waals surface area contributed by atoms with E-state index < -0.39 is 0 Å². The van der Waals surface area contributed by atoms with Crippen molar-refractivity contribution < 1.29 is 19.1 Å². The molecule has 0 radical (unpaired) electrons. The number of benzene rings is 3. The zero-order valence-electron chi connectivity index (χ0n) is 17.5. The van der Waals surface area contributed by atoms with Gasteiger partial charge in [-0.25, -0.2) is 4.90 Å². The van der Waals surface area contributed by atoms with Crippen molar-refractivity contribution in [3.05, 3.63) is 93.3 Å². The van der Waals surface area contributed by atoms with E-state index in [0.29, 0.717) is 33.7 Å². The number of methoxy groups -OCH3 is 1. The Balaban J connectivity index is 1.53. The van der Waals surface area contributed by atoms with Crippen molar-refractivity contribution >= 4 is 46.3 Å². The maximum atomic E-state index is 12.9. The van der Waals surface area contributed by atoms with Crippen molar-refractivity contribution in [2.45, 2.75) is 13.5 Å². The molecule has 1 aliphatic heterocycles. The number of carbonyl (C=O) groups excluding carboxylic acids is 2. The highest BCUT2D eigenvalue weighted by atomic mass is 35.5. The van der Waals surface area contributed by atoms with Crippen LogP contribution in [0.1, 0.15) is 16.7 Å². The quantitative estimate of drug-likeness (QED) is 0.390. The molecule has 32 heavy (non-hydrogen) atoms. The van der Waals surface area contributed by atoms with Gasteiger partial charge in [-0.3, -0.25) is 9.59 Å². The van der Waals surface area contributed by atoms with Gasteiger partial charge in [0.25, 0.3) is 11.1 Å². The van der Waals surface area contributed by atoms with Crippen LogP contribution in [0.3, 0.4) is 0 Å². The summed E-state index contributed by atoms with van der Waals surface area (Å²) in [4.78, 5) is 26.9. The number of anilines is 1. The lowest BCUT2D eigenvalue weighted by atomic mass is 10.1. The predicted octanol–water partition coefficient (Wildman–Crippen LogP) is 6.48. The summed E-state index contributed by atoms with van der Waals surface area (Å²) in [5.74, 6) is 0.769. The third kappa shape index (κ3) is 4.82. The van der Waals surface area contributed by atoms with Gasteiger partial charge in [0.2, 0.25) is 0 Å². The number of thioether (sulfide) groups is 1. The van der Waals surface area contributed by atoms with Crippen LogP contribution in [0.15, 0.2) is 71.6 Å². The second-order valence-corrected chi connectivity index (χ2v) is 8.61. The van der Waals surface area contributed by atoms with Crippen LogP contribution in [0.4, 0.5) is 10.5 Å². The minimum Gasteiger partial charge on any atom is -0.493 e. The predicted molar refractivity (Wildman–Crippen MR) is 128 cm³/mol. The van der Waals surface area contributed by atoms with E-state index in [2.05, 4.69) is 0 Å². The standard InChI is InChI=1S/C25H20ClNO4S/c1-16-4-3-5-20(12-16)27-24(28)23(32-25(27)29)14-18-8-11-21(22(13-18)30-2)31-15-17-6-9-19(26)10-7-17/h3-14H,15H2,1-2H3/b23-14-. The molecule has 0 aromatic heterocycles. The normalized spacial score (nSPS) is 14.8. The number of imide groups is 1. The second kappa shape index (κ2) is 9.51. The van der Waals surface area contributed by atoms with Gasteiger partial charge in [-0.2, -0.15) is 0 Å². The molecule has 0 spiro atoms. The highest BCUT2D eigenvalue weighted by molar-refractivity contribution is 8.19. The molecule has 0 unspecified atom stereocenters. The van der Waals surface area contributed by atoms with E-state index in [-0.39, 0.29) is 11.1 Å². The molecule has 3 aromatic carbocycles. The van der Waals surface area contributed by atoms with Gasteiger partial charge in [0.15, 0.2) is 11.5 Å². The maximum absolute atomic E-state index is 12.9. The number of halogens is 1. The number of carbonyl (C=O) groups is 2. The highest BCUT2D eigenvalue weighted by Gasteiger charge is 2.36. The summed E-state index contributed by atoms with van der Waals surface area (Å²) in [5.41, 5.74) is 3.25. The van der Waals surface area contributed by atoms with Crippen molar-refractivity contribution in [1.29, 1.82) is 0 Å². The molecule has 1 saturated heterocycles. The fraction of sp³-hybridized carbons (Fsp3) is 0.120. The van der Waals surface area contributed by atoms with Crippen molar-refractivity contribution in [3.8, 4) is 11.5 Å². The summed E-state index contributed by atoms with van der Waals surface area (Å²) in [6.07, 6.45) is 1.69. The minimum atomic E-state index is -0.340. The first kappa shape index (κ1) is 22.0. The number of aryl methyl sites for hydroxylation is 1. The molecule has 0 atom stereocenters. The molecule has 0 bridgehead atoms. The van der Waals surface area contributed by atoms with Gasteiger partial charge in [0.1, 0.15) is 6.61 Å². The molecule has 4 rings (SSSR count). The summed E-state index contributed by atoms with van der Waals surface area (Å²) in [7, 11) is 1.56. The second-order valence-electron chi connectivity index (χ2n) is 7.18. The average Bonchev–Trinajstić information content (AvgIpc) is 3.06. The Labute approximate surface area is 195 Å². The molecule has 1 heterocycles. The van der Waals surface area contributed by atoms with Gasteiger partial charge in [-0.15, -0.1) is 0 Å². The molecule has 2 amide bonds. The van der Waals surface area contributed by atoms with E-state index in [4.69, 9.17) is 21.1 Å². The molecule has 1 aliphatic rings. The molecule has 162 valence electrons. The molecular weight excluding hydrogens is 446 g/mol. The van der Waals surface area contributed by atoms with Crippen molar-refractivity contribution in [2.75, 3.05) is 12.0 Å². The van der Waals surface area contributed by atoms with Crippen LogP contribution in [-0.4, -0.2) is 18.3 Å². The molecule has 5 nitrogen and oxygen atoms in total. The van der Waals surface area contributed by atoms with E-state index in [1.807, 2.05) is 55.5 Å². The van der Waals surface area contributed by atoms with Crippen molar-refractivity contribution in [2.24, 2.45) is 0 Å². The Morgan fingerprint density at radius 2 is 1.78 bits per heavy atom. The van der Waals surface area contributed by atoms with E-state index in [9.17, 15) is 9.59 Å². The lowest BCUT2D eigenvalue weighted by molar-refractivity contribution is -0.113. The maximum Gasteiger partial charge on any atom is 0.298 e.